The van der Waals surface area contributed by atoms with E-state index < -0.39 is 11.9 Å². The molecule has 4 nitrogen and oxygen atoms in total. The van der Waals surface area contributed by atoms with Crippen LogP contribution in [0, 0.1) is 9.49 Å². The third-order valence-electron chi connectivity index (χ3n) is 3.30. The van der Waals surface area contributed by atoms with Crippen LogP contribution in [0.4, 0.5) is 5.69 Å². The summed E-state index contributed by atoms with van der Waals surface area (Å²) in [5, 5.41) is 12.7. The lowest BCUT2D eigenvalue weighted by Gasteiger charge is -2.13. The maximum atomic E-state index is 12.1. The molecule has 0 bridgehead atoms. The van der Waals surface area contributed by atoms with E-state index in [1.807, 2.05) is 12.1 Å². The van der Waals surface area contributed by atoms with Gasteiger partial charge in [-0.05, 0) is 71.0 Å². The molecule has 2 aromatic carbocycles. The highest BCUT2D eigenvalue weighted by atomic mass is 127. The van der Waals surface area contributed by atoms with Crippen molar-refractivity contribution in [3.63, 3.8) is 0 Å². The van der Waals surface area contributed by atoms with Crippen LogP contribution in [0.25, 0.3) is 0 Å². The summed E-state index contributed by atoms with van der Waals surface area (Å²) in [6, 6.07) is 14.3. The van der Waals surface area contributed by atoms with E-state index in [-0.39, 0.29) is 18.7 Å². The summed E-state index contributed by atoms with van der Waals surface area (Å²) in [6.45, 7) is 0. The number of rotatable bonds is 6. The summed E-state index contributed by atoms with van der Waals surface area (Å²) in [6.07, 6.45) is 0.205. The van der Waals surface area contributed by atoms with Crippen LogP contribution in [0.1, 0.15) is 12.0 Å². The standard InChI is InChI=1S/C17H15ClINO3/c18-13-3-1-11(2-4-13)9-12(17(22)23)10-16(21)20-15-7-5-14(19)6-8-15/h1-8,12H,9-10H2,(H,20,21)(H,22,23)/t12-/m1/s1. The van der Waals surface area contributed by atoms with Crippen LogP contribution < -0.4 is 5.32 Å². The van der Waals surface area contributed by atoms with Crippen LogP contribution in [-0.4, -0.2) is 17.0 Å². The fourth-order valence-corrected chi connectivity index (χ4v) is 2.61. The van der Waals surface area contributed by atoms with Crippen molar-refractivity contribution in [1.82, 2.24) is 0 Å². The molecule has 0 aliphatic rings. The Bertz CT molecular complexity index is 686. The van der Waals surface area contributed by atoms with E-state index in [9.17, 15) is 14.7 Å². The van der Waals surface area contributed by atoms with Crippen LogP contribution in [-0.2, 0) is 16.0 Å². The summed E-state index contributed by atoms with van der Waals surface area (Å²) >= 11 is 7.99. The van der Waals surface area contributed by atoms with Gasteiger partial charge in [0.05, 0.1) is 5.92 Å². The minimum absolute atomic E-state index is 0.0794. The number of aliphatic carboxylic acids is 1. The molecule has 0 saturated heterocycles. The summed E-state index contributed by atoms with van der Waals surface area (Å²) in [5.74, 6) is -2.08. The lowest BCUT2D eigenvalue weighted by atomic mass is 9.96. The second kappa shape index (κ2) is 8.31. The SMILES string of the molecule is O=C(C[C@@H](Cc1ccc(Cl)cc1)C(=O)O)Nc1ccc(I)cc1. The lowest BCUT2D eigenvalue weighted by molar-refractivity contribution is -0.143. The summed E-state index contributed by atoms with van der Waals surface area (Å²) in [4.78, 5) is 23.5. The minimum atomic E-state index is -0.988. The molecule has 0 aromatic heterocycles. The summed E-state index contributed by atoms with van der Waals surface area (Å²) in [7, 11) is 0. The average molecular weight is 444 g/mol. The molecule has 0 radical (unpaired) electrons. The Labute approximate surface area is 153 Å². The van der Waals surface area contributed by atoms with Gasteiger partial charge in [0.1, 0.15) is 0 Å². The average Bonchev–Trinajstić information content (AvgIpc) is 2.51. The van der Waals surface area contributed by atoms with Gasteiger partial charge in [0.25, 0.3) is 0 Å². The molecular weight excluding hydrogens is 429 g/mol. The van der Waals surface area contributed by atoms with Crippen molar-refractivity contribution in [3.8, 4) is 0 Å². The number of amides is 1. The summed E-state index contributed by atoms with van der Waals surface area (Å²) < 4.78 is 1.06. The fraction of sp³-hybridized carbons (Fsp3) is 0.176. The van der Waals surface area contributed by atoms with Crippen molar-refractivity contribution in [2.75, 3.05) is 5.32 Å². The van der Waals surface area contributed by atoms with Crippen LogP contribution >= 0.6 is 34.2 Å². The molecule has 0 unspecified atom stereocenters. The zero-order chi connectivity index (χ0) is 16.8. The monoisotopic (exact) mass is 443 g/mol. The van der Waals surface area contributed by atoms with Crippen molar-refractivity contribution in [2.45, 2.75) is 12.8 Å². The highest BCUT2D eigenvalue weighted by molar-refractivity contribution is 14.1. The van der Waals surface area contributed by atoms with Crippen molar-refractivity contribution in [3.05, 3.63) is 62.7 Å². The Kier molecular flexibility index (Phi) is 6.41. The fourth-order valence-electron chi connectivity index (χ4n) is 2.12. The molecule has 2 aromatic rings. The molecule has 1 atom stereocenters. The van der Waals surface area contributed by atoms with Gasteiger partial charge in [0.15, 0.2) is 0 Å². The van der Waals surface area contributed by atoms with E-state index in [4.69, 9.17) is 11.6 Å². The predicted molar refractivity (Wildman–Crippen MR) is 98.7 cm³/mol. The molecule has 2 N–H and O–H groups in total. The number of carboxylic acids is 1. The third kappa shape index (κ3) is 5.84. The van der Waals surface area contributed by atoms with Gasteiger partial charge in [0, 0.05) is 20.7 Å². The molecule has 0 aliphatic heterocycles. The first kappa shape index (κ1) is 17.7. The zero-order valence-corrected chi connectivity index (χ0v) is 15.0. The Morgan fingerprint density at radius 1 is 1.09 bits per heavy atom. The topological polar surface area (TPSA) is 66.4 Å². The van der Waals surface area contributed by atoms with E-state index in [0.29, 0.717) is 10.7 Å². The molecule has 120 valence electrons. The molecular formula is C17H15ClINO3. The molecule has 0 spiro atoms. The number of anilines is 1. The third-order valence-corrected chi connectivity index (χ3v) is 4.28. The first-order valence-electron chi connectivity index (χ1n) is 6.96. The number of nitrogens with one attached hydrogen (secondary N) is 1. The smallest absolute Gasteiger partial charge is 0.307 e. The Morgan fingerprint density at radius 3 is 2.26 bits per heavy atom. The second-order valence-corrected chi connectivity index (χ2v) is 6.81. The zero-order valence-electron chi connectivity index (χ0n) is 12.1. The molecule has 0 heterocycles. The highest BCUT2D eigenvalue weighted by Gasteiger charge is 2.21. The molecule has 0 fully saturated rings. The number of hydrogen-bond acceptors (Lipinski definition) is 2. The van der Waals surface area contributed by atoms with E-state index in [2.05, 4.69) is 27.9 Å². The van der Waals surface area contributed by atoms with Crippen molar-refractivity contribution in [1.29, 1.82) is 0 Å². The summed E-state index contributed by atoms with van der Waals surface area (Å²) in [5.41, 5.74) is 1.50. The molecule has 23 heavy (non-hydrogen) atoms. The van der Waals surface area contributed by atoms with Gasteiger partial charge >= 0.3 is 5.97 Å². The van der Waals surface area contributed by atoms with Crippen molar-refractivity contribution in [2.24, 2.45) is 5.92 Å². The van der Waals surface area contributed by atoms with Gasteiger partial charge in [-0.25, -0.2) is 0 Å². The number of halogens is 2. The maximum absolute atomic E-state index is 12.1. The molecule has 0 saturated carbocycles. The maximum Gasteiger partial charge on any atom is 0.307 e. The Hall–Kier alpha value is -1.60. The van der Waals surface area contributed by atoms with Gasteiger partial charge in [0.2, 0.25) is 5.91 Å². The van der Waals surface area contributed by atoms with Gasteiger partial charge in [-0.15, -0.1) is 0 Å². The van der Waals surface area contributed by atoms with E-state index in [1.165, 1.54) is 0 Å². The van der Waals surface area contributed by atoms with Gasteiger partial charge < -0.3 is 10.4 Å². The van der Waals surface area contributed by atoms with Gasteiger partial charge in [-0.2, -0.15) is 0 Å². The number of carbonyl (C=O) groups excluding carboxylic acids is 1. The number of benzene rings is 2. The normalized spacial score (nSPS) is 11.7. The van der Waals surface area contributed by atoms with E-state index >= 15 is 0 Å². The van der Waals surface area contributed by atoms with Crippen LogP contribution in [0.3, 0.4) is 0 Å². The number of carboxylic acid groups (broad SMARTS) is 1. The van der Waals surface area contributed by atoms with E-state index in [0.717, 1.165) is 9.13 Å². The second-order valence-electron chi connectivity index (χ2n) is 5.12. The molecule has 0 aliphatic carbocycles. The quantitative estimate of drug-likeness (QED) is 0.657. The van der Waals surface area contributed by atoms with Crippen LogP contribution in [0.5, 0.6) is 0 Å². The van der Waals surface area contributed by atoms with Gasteiger partial charge in [-0.3, -0.25) is 9.59 Å². The van der Waals surface area contributed by atoms with Crippen LogP contribution in [0.15, 0.2) is 48.5 Å². The first-order chi connectivity index (χ1) is 10.9. The largest absolute Gasteiger partial charge is 0.481 e. The van der Waals surface area contributed by atoms with E-state index in [1.54, 1.807) is 36.4 Å². The van der Waals surface area contributed by atoms with Crippen molar-refractivity contribution < 1.29 is 14.7 Å². The van der Waals surface area contributed by atoms with Gasteiger partial charge in [-0.1, -0.05) is 23.7 Å². The lowest BCUT2D eigenvalue weighted by Crippen LogP contribution is -2.24. The molecule has 2 rings (SSSR count). The molecule has 6 heteroatoms. The Morgan fingerprint density at radius 2 is 1.70 bits per heavy atom. The first-order valence-corrected chi connectivity index (χ1v) is 8.42. The van der Waals surface area contributed by atoms with Crippen molar-refractivity contribution >= 4 is 51.8 Å². The Balaban J connectivity index is 1.98. The number of carbonyl (C=O) groups is 2. The minimum Gasteiger partial charge on any atom is -0.481 e. The van der Waals surface area contributed by atoms with Crippen LogP contribution in [0.2, 0.25) is 5.02 Å². The predicted octanol–water partition coefficient (Wildman–Crippen LogP) is 4.22. The highest BCUT2D eigenvalue weighted by Crippen LogP contribution is 2.17. The number of hydrogen-bond donors (Lipinski definition) is 2. The molecule has 1 amide bonds.